The first-order valence-electron chi connectivity index (χ1n) is 11.6. The third kappa shape index (κ3) is 6.95. The highest BCUT2D eigenvalue weighted by atomic mass is 16.6. The van der Waals surface area contributed by atoms with Gasteiger partial charge in [-0.05, 0) is 61.7 Å². The molecular weight excluding hydrogens is 390 g/mol. The van der Waals surface area contributed by atoms with Crippen LogP contribution in [0, 0.1) is 34.0 Å². The van der Waals surface area contributed by atoms with E-state index in [-0.39, 0.29) is 24.1 Å². The van der Waals surface area contributed by atoms with E-state index < -0.39 is 5.97 Å². The molecule has 5 heteroatoms. The molecule has 4 aliphatic rings. The van der Waals surface area contributed by atoms with Gasteiger partial charge in [0, 0.05) is 12.2 Å². The maximum atomic E-state index is 11.6. The molecule has 0 spiro atoms. The van der Waals surface area contributed by atoms with Gasteiger partial charge >= 0.3 is 11.9 Å². The number of nitriles is 1. The van der Waals surface area contributed by atoms with E-state index in [4.69, 9.17) is 14.7 Å². The summed E-state index contributed by atoms with van der Waals surface area (Å²) < 4.78 is 10.6. The van der Waals surface area contributed by atoms with Gasteiger partial charge in [-0.25, -0.2) is 9.59 Å². The number of esters is 2. The third-order valence-corrected chi connectivity index (χ3v) is 6.99. The quantitative estimate of drug-likeness (QED) is 0.259. The van der Waals surface area contributed by atoms with E-state index in [1.54, 1.807) is 0 Å². The van der Waals surface area contributed by atoms with Gasteiger partial charge in [-0.2, -0.15) is 5.26 Å². The molecule has 4 rings (SSSR count). The van der Waals surface area contributed by atoms with Crippen molar-refractivity contribution in [3.05, 3.63) is 25.3 Å². The van der Waals surface area contributed by atoms with Gasteiger partial charge in [0.05, 0.1) is 12.0 Å². The fourth-order valence-corrected chi connectivity index (χ4v) is 6.78. The summed E-state index contributed by atoms with van der Waals surface area (Å²) >= 11 is 0. The Hall–Kier alpha value is -2.09. The number of carbonyl (C=O) groups excluding carboxylic acids is 2. The molecule has 0 heterocycles. The van der Waals surface area contributed by atoms with Crippen LogP contribution in [0.3, 0.4) is 0 Å². The molecule has 0 aromatic heterocycles. The Kier molecular flexibility index (Phi) is 8.51. The van der Waals surface area contributed by atoms with Crippen molar-refractivity contribution >= 4 is 11.9 Å². The fraction of sp³-hybridized carbons (Fsp3) is 0.731. The summed E-state index contributed by atoms with van der Waals surface area (Å²) in [5.74, 6) is -0.107. The standard InChI is InChI=1S/C15H22O2.C11H17NO2/c1-4-12(16)17-15-7-11-5-13(2,9-15)8-14(3,6-11)10-15;1-3-5-6-7-10(8-12)9-14-11(13)4-2/h4,11H,1,5-10H2,2-3H3;4,10H,2-3,5-7,9H2,1H3. The van der Waals surface area contributed by atoms with Crippen molar-refractivity contribution in [3.8, 4) is 6.07 Å². The van der Waals surface area contributed by atoms with Crippen molar-refractivity contribution in [2.24, 2.45) is 22.7 Å². The lowest BCUT2D eigenvalue weighted by molar-refractivity contribution is -0.212. The van der Waals surface area contributed by atoms with Gasteiger partial charge < -0.3 is 9.47 Å². The van der Waals surface area contributed by atoms with E-state index in [1.165, 1.54) is 25.3 Å². The molecule has 0 amide bonds. The Morgan fingerprint density at radius 2 is 1.68 bits per heavy atom. The van der Waals surface area contributed by atoms with Gasteiger partial charge in [-0.15, -0.1) is 0 Å². The Morgan fingerprint density at radius 1 is 1.06 bits per heavy atom. The second-order valence-corrected chi connectivity index (χ2v) is 10.6. The monoisotopic (exact) mass is 429 g/mol. The molecule has 4 saturated carbocycles. The lowest BCUT2D eigenvalue weighted by Crippen LogP contribution is -2.59. The van der Waals surface area contributed by atoms with Crippen LogP contribution in [-0.2, 0) is 19.1 Å². The predicted molar refractivity (Wildman–Crippen MR) is 121 cm³/mol. The first-order chi connectivity index (χ1) is 14.6. The van der Waals surface area contributed by atoms with E-state index in [0.717, 1.165) is 56.9 Å². The van der Waals surface area contributed by atoms with Crippen molar-refractivity contribution in [3.63, 3.8) is 0 Å². The minimum atomic E-state index is -0.458. The number of rotatable bonds is 9. The van der Waals surface area contributed by atoms with Crippen LogP contribution in [0.5, 0.6) is 0 Å². The molecule has 31 heavy (non-hydrogen) atoms. The van der Waals surface area contributed by atoms with Crippen molar-refractivity contribution in [1.29, 1.82) is 5.26 Å². The van der Waals surface area contributed by atoms with Crippen LogP contribution in [0.2, 0.25) is 0 Å². The second-order valence-electron chi connectivity index (χ2n) is 10.6. The molecule has 3 unspecified atom stereocenters. The third-order valence-electron chi connectivity index (χ3n) is 6.99. The molecule has 4 aliphatic carbocycles. The molecule has 0 N–H and O–H groups in total. The van der Waals surface area contributed by atoms with Gasteiger partial charge in [0.15, 0.2) is 0 Å². The molecule has 0 radical (unpaired) electrons. The number of hydrogen-bond donors (Lipinski definition) is 0. The van der Waals surface area contributed by atoms with Crippen LogP contribution in [0.4, 0.5) is 0 Å². The number of nitrogens with zero attached hydrogens (tertiary/aromatic N) is 1. The number of carbonyl (C=O) groups is 2. The van der Waals surface area contributed by atoms with E-state index >= 15 is 0 Å². The number of ether oxygens (including phenoxy) is 2. The zero-order valence-corrected chi connectivity index (χ0v) is 19.6. The van der Waals surface area contributed by atoms with Crippen LogP contribution >= 0.6 is 0 Å². The summed E-state index contributed by atoms with van der Waals surface area (Å²) in [6, 6.07) is 2.13. The molecule has 0 aliphatic heterocycles. The van der Waals surface area contributed by atoms with Crippen molar-refractivity contribution < 1.29 is 19.1 Å². The van der Waals surface area contributed by atoms with E-state index in [2.05, 4.69) is 40.0 Å². The Bertz CT molecular complexity index is 703. The van der Waals surface area contributed by atoms with Gasteiger partial charge in [0.2, 0.25) is 0 Å². The summed E-state index contributed by atoms with van der Waals surface area (Å²) in [6.45, 7) is 13.9. The molecule has 4 fully saturated rings. The summed E-state index contributed by atoms with van der Waals surface area (Å²) in [6.07, 6.45) is 13.7. The summed E-state index contributed by atoms with van der Waals surface area (Å²) in [5.41, 5.74) is 0.624. The maximum Gasteiger partial charge on any atom is 0.330 e. The topological polar surface area (TPSA) is 76.4 Å². The lowest BCUT2D eigenvalue weighted by atomic mass is 9.43. The molecular formula is C26H39NO4. The predicted octanol–water partition coefficient (Wildman–Crippen LogP) is 5.90. The fourth-order valence-electron chi connectivity index (χ4n) is 6.78. The molecule has 3 atom stereocenters. The zero-order valence-electron chi connectivity index (χ0n) is 19.6. The summed E-state index contributed by atoms with van der Waals surface area (Å²) in [4.78, 5) is 22.3. The molecule has 172 valence electrons. The Labute approximate surface area is 187 Å². The minimum Gasteiger partial charge on any atom is -0.461 e. The van der Waals surface area contributed by atoms with Crippen LogP contribution in [0.1, 0.15) is 85.0 Å². The van der Waals surface area contributed by atoms with Gasteiger partial charge in [0.25, 0.3) is 0 Å². The van der Waals surface area contributed by atoms with Crippen molar-refractivity contribution in [2.45, 2.75) is 90.6 Å². The van der Waals surface area contributed by atoms with E-state index in [9.17, 15) is 9.59 Å². The highest BCUT2D eigenvalue weighted by Crippen LogP contribution is 2.67. The van der Waals surface area contributed by atoms with Crippen molar-refractivity contribution in [1.82, 2.24) is 0 Å². The second kappa shape index (κ2) is 10.5. The molecule has 0 aromatic carbocycles. The van der Waals surface area contributed by atoms with Crippen LogP contribution in [0.15, 0.2) is 25.3 Å². The molecule has 5 nitrogen and oxygen atoms in total. The zero-order chi connectivity index (χ0) is 23.1. The average molecular weight is 430 g/mol. The Morgan fingerprint density at radius 3 is 2.16 bits per heavy atom. The normalized spacial score (nSPS) is 33.3. The lowest BCUT2D eigenvalue weighted by Gasteiger charge is -2.64. The highest BCUT2D eigenvalue weighted by molar-refractivity contribution is 5.81. The van der Waals surface area contributed by atoms with Gasteiger partial charge in [0.1, 0.15) is 12.2 Å². The summed E-state index contributed by atoms with van der Waals surface area (Å²) in [7, 11) is 0. The first kappa shape index (κ1) is 25.2. The van der Waals surface area contributed by atoms with Crippen molar-refractivity contribution in [2.75, 3.05) is 6.61 Å². The van der Waals surface area contributed by atoms with Gasteiger partial charge in [-0.1, -0.05) is 53.2 Å². The number of unbranched alkanes of at least 4 members (excludes halogenated alkanes) is 2. The first-order valence-corrected chi connectivity index (χ1v) is 11.6. The maximum absolute atomic E-state index is 11.6. The van der Waals surface area contributed by atoms with Crippen LogP contribution in [-0.4, -0.2) is 24.1 Å². The highest BCUT2D eigenvalue weighted by Gasteiger charge is 2.61. The minimum absolute atomic E-state index is 0.172. The SMILES string of the molecule is C=CC(=O)OC12CC3CC(C)(CC(C)(C3)C1)C2.C=CC(=O)OCC(C#N)CCCCC. The molecule has 0 aromatic rings. The summed E-state index contributed by atoms with van der Waals surface area (Å²) in [5, 5.41) is 8.74. The smallest absolute Gasteiger partial charge is 0.330 e. The van der Waals surface area contributed by atoms with E-state index in [1.807, 2.05) is 0 Å². The average Bonchev–Trinajstić information content (AvgIpc) is 2.67. The molecule has 0 saturated heterocycles. The largest absolute Gasteiger partial charge is 0.461 e. The Balaban J connectivity index is 0.000000226. The van der Waals surface area contributed by atoms with E-state index in [0.29, 0.717) is 10.8 Å². The van der Waals surface area contributed by atoms with Crippen LogP contribution in [0.25, 0.3) is 0 Å². The van der Waals surface area contributed by atoms with Crippen LogP contribution < -0.4 is 0 Å². The van der Waals surface area contributed by atoms with Gasteiger partial charge in [-0.3, -0.25) is 0 Å². The number of hydrogen-bond acceptors (Lipinski definition) is 5. The molecule has 4 bridgehead atoms.